The Morgan fingerprint density at radius 1 is 0.931 bits per heavy atom. The van der Waals surface area contributed by atoms with E-state index in [1.807, 2.05) is 69.0 Å². The van der Waals surface area contributed by atoms with Gasteiger partial charge in [0.05, 0.1) is 11.4 Å². The first-order chi connectivity index (χ1) is 13.7. The normalized spacial score (nSPS) is 16.0. The summed E-state index contributed by atoms with van der Waals surface area (Å²) >= 11 is 0. The van der Waals surface area contributed by atoms with Crippen molar-refractivity contribution < 1.29 is 13.2 Å². The summed E-state index contributed by atoms with van der Waals surface area (Å²) in [4.78, 5) is 14.8. The molecular weight excluding hydrogens is 386 g/mol. The highest BCUT2D eigenvalue weighted by molar-refractivity contribution is 7.89. The molecule has 1 saturated heterocycles. The van der Waals surface area contributed by atoms with Crippen LogP contribution >= 0.6 is 0 Å². The minimum atomic E-state index is -3.54. The van der Waals surface area contributed by atoms with Crippen LogP contribution in [-0.4, -0.2) is 56.3 Å². The van der Waals surface area contributed by atoms with Gasteiger partial charge in [-0.2, -0.15) is 4.31 Å². The number of piperazine rings is 1. The number of carbonyl (C=O) groups is 1. The molecule has 2 aromatic carbocycles. The number of hydrogen-bond acceptors (Lipinski definition) is 4. The fraction of sp³-hybridized carbons (Fsp3) is 0.409. The molecule has 6 nitrogen and oxygen atoms in total. The third kappa shape index (κ3) is 4.86. The molecule has 1 amide bonds. The summed E-state index contributed by atoms with van der Waals surface area (Å²) in [5, 5.41) is 2.93. The average Bonchev–Trinajstić information content (AvgIpc) is 2.63. The number of aryl methyl sites for hydroxylation is 4. The van der Waals surface area contributed by atoms with Crippen LogP contribution in [0.2, 0.25) is 0 Å². The summed E-state index contributed by atoms with van der Waals surface area (Å²) in [6.07, 6.45) is 0. The van der Waals surface area contributed by atoms with Crippen molar-refractivity contribution >= 4 is 21.6 Å². The minimum Gasteiger partial charge on any atom is -0.325 e. The Bertz CT molecular complexity index is 987. The van der Waals surface area contributed by atoms with Crippen LogP contribution in [0.15, 0.2) is 41.3 Å². The number of rotatable bonds is 5. The molecule has 29 heavy (non-hydrogen) atoms. The van der Waals surface area contributed by atoms with Gasteiger partial charge in [0, 0.05) is 31.9 Å². The Kier molecular flexibility index (Phi) is 6.41. The van der Waals surface area contributed by atoms with Crippen molar-refractivity contribution in [1.29, 1.82) is 0 Å². The molecule has 1 fully saturated rings. The van der Waals surface area contributed by atoms with Crippen LogP contribution in [0.3, 0.4) is 0 Å². The molecule has 0 aromatic heterocycles. The first kappa shape index (κ1) is 21.5. The van der Waals surface area contributed by atoms with E-state index in [-0.39, 0.29) is 12.5 Å². The summed E-state index contributed by atoms with van der Waals surface area (Å²) in [7, 11) is -3.54. The fourth-order valence-electron chi connectivity index (χ4n) is 3.94. The second-order valence-electron chi connectivity index (χ2n) is 7.77. The van der Waals surface area contributed by atoms with Gasteiger partial charge >= 0.3 is 0 Å². The van der Waals surface area contributed by atoms with Crippen LogP contribution in [0.1, 0.15) is 22.3 Å². The van der Waals surface area contributed by atoms with Crippen molar-refractivity contribution in [2.24, 2.45) is 0 Å². The van der Waals surface area contributed by atoms with E-state index in [4.69, 9.17) is 0 Å². The van der Waals surface area contributed by atoms with Crippen molar-refractivity contribution in [3.63, 3.8) is 0 Å². The highest BCUT2D eigenvalue weighted by Gasteiger charge is 2.31. The molecule has 0 radical (unpaired) electrons. The first-order valence-corrected chi connectivity index (χ1v) is 11.3. The molecule has 1 heterocycles. The Morgan fingerprint density at radius 3 is 2.10 bits per heavy atom. The van der Waals surface area contributed by atoms with Gasteiger partial charge in [-0.1, -0.05) is 35.9 Å². The van der Waals surface area contributed by atoms with Gasteiger partial charge in [-0.05, 0) is 50.5 Å². The molecule has 1 N–H and O–H groups in total. The molecule has 0 saturated carbocycles. The van der Waals surface area contributed by atoms with Crippen LogP contribution in [-0.2, 0) is 14.8 Å². The predicted molar refractivity (Wildman–Crippen MR) is 116 cm³/mol. The summed E-state index contributed by atoms with van der Waals surface area (Å²) < 4.78 is 27.9. The number of para-hydroxylation sites is 1. The zero-order valence-electron chi connectivity index (χ0n) is 17.5. The lowest BCUT2D eigenvalue weighted by atomic mass is 10.1. The number of nitrogens with one attached hydrogen (secondary N) is 1. The monoisotopic (exact) mass is 415 g/mol. The van der Waals surface area contributed by atoms with E-state index in [1.54, 1.807) is 0 Å². The zero-order chi connectivity index (χ0) is 21.2. The SMILES string of the molecule is Cc1cc(C)c(S(=O)(=O)N2CCN(CC(=O)Nc3ccccc3C)CC2)c(C)c1. The lowest BCUT2D eigenvalue weighted by Gasteiger charge is -2.34. The van der Waals surface area contributed by atoms with Crippen LogP contribution in [0.25, 0.3) is 0 Å². The van der Waals surface area contributed by atoms with Gasteiger partial charge in [-0.3, -0.25) is 9.69 Å². The van der Waals surface area contributed by atoms with Crippen LogP contribution in [0.5, 0.6) is 0 Å². The van der Waals surface area contributed by atoms with E-state index in [0.29, 0.717) is 31.1 Å². The number of nitrogens with zero attached hydrogens (tertiary/aromatic N) is 2. The number of sulfonamides is 1. The summed E-state index contributed by atoms with van der Waals surface area (Å²) in [5.74, 6) is -0.0826. The zero-order valence-corrected chi connectivity index (χ0v) is 18.3. The Labute approximate surface area is 173 Å². The third-order valence-electron chi connectivity index (χ3n) is 5.32. The van der Waals surface area contributed by atoms with E-state index in [1.165, 1.54) is 4.31 Å². The standard InChI is InChI=1S/C22H29N3O3S/c1-16-13-18(3)22(19(4)14-16)29(27,28)25-11-9-24(10-12-25)15-21(26)23-20-8-6-5-7-17(20)2/h5-8,13-14H,9-12,15H2,1-4H3,(H,23,26). The van der Waals surface area contributed by atoms with Gasteiger partial charge in [-0.25, -0.2) is 8.42 Å². The smallest absolute Gasteiger partial charge is 0.243 e. The molecule has 0 unspecified atom stereocenters. The second-order valence-corrected chi connectivity index (χ2v) is 9.65. The highest BCUT2D eigenvalue weighted by Crippen LogP contribution is 2.26. The highest BCUT2D eigenvalue weighted by atomic mass is 32.2. The minimum absolute atomic E-state index is 0.0826. The van der Waals surface area contributed by atoms with E-state index in [0.717, 1.165) is 27.9 Å². The molecule has 1 aliphatic heterocycles. The number of carbonyl (C=O) groups excluding carboxylic acids is 1. The van der Waals surface area contributed by atoms with Gasteiger partial charge < -0.3 is 5.32 Å². The largest absolute Gasteiger partial charge is 0.325 e. The predicted octanol–water partition coefficient (Wildman–Crippen LogP) is 2.87. The molecule has 1 aliphatic rings. The maximum absolute atomic E-state index is 13.2. The molecule has 2 aromatic rings. The quantitative estimate of drug-likeness (QED) is 0.815. The third-order valence-corrected chi connectivity index (χ3v) is 7.53. The summed E-state index contributed by atoms with van der Waals surface area (Å²) in [5.41, 5.74) is 4.44. The van der Waals surface area contributed by atoms with Crippen molar-refractivity contribution in [3.05, 3.63) is 58.7 Å². The van der Waals surface area contributed by atoms with Crippen LogP contribution < -0.4 is 5.32 Å². The molecule has 0 bridgehead atoms. The summed E-state index contributed by atoms with van der Waals surface area (Å²) in [6, 6.07) is 11.5. The molecule has 3 rings (SSSR count). The maximum atomic E-state index is 13.2. The van der Waals surface area contributed by atoms with Crippen molar-refractivity contribution in [2.45, 2.75) is 32.6 Å². The molecular formula is C22H29N3O3S. The number of benzene rings is 2. The lowest BCUT2D eigenvalue weighted by Crippen LogP contribution is -2.50. The summed E-state index contributed by atoms with van der Waals surface area (Å²) in [6.45, 7) is 9.70. The maximum Gasteiger partial charge on any atom is 0.243 e. The first-order valence-electron chi connectivity index (χ1n) is 9.84. The number of hydrogen-bond donors (Lipinski definition) is 1. The Morgan fingerprint density at radius 2 is 1.52 bits per heavy atom. The van der Waals surface area contributed by atoms with Crippen LogP contribution in [0, 0.1) is 27.7 Å². The van der Waals surface area contributed by atoms with Crippen molar-refractivity contribution in [3.8, 4) is 0 Å². The topological polar surface area (TPSA) is 69.7 Å². The Balaban J connectivity index is 1.62. The van der Waals surface area contributed by atoms with Gasteiger partial charge in [0.25, 0.3) is 0 Å². The van der Waals surface area contributed by atoms with Gasteiger partial charge in [0.1, 0.15) is 0 Å². The molecule has 156 valence electrons. The average molecular weight is 416 g/mol. The van der Waals surface area contributed by atoms with Crippen LogP contribution in [0.4, 0.5) is 5.69 Å². The van der Waals surface area contributed by atoms with E-state index >= 15 is 0 Å². The van der Waals surface area contributed by atoms with E-state index < -0.39 is 10.0 Å². The number of amides is 1. The number of anilines is 1. The van der Waals surface area contributed by atoms with Crippen molar-refractivity contribution in [2.75, 3.05) is 38.0 Å². The lowest BCUT2D eigenvalue weighted by molar-refractivity contribution is -0.117. The van der Waals surface area contributed by atoms with Gasteiger partial charge in [0.2, 0.25) is 15.9 Å². The Hall–Kier alpha value is -2.22. The van der Waals surface area contributed by atoms with E-state index in [2.05, 4.69) is 5.32 Å². The van der Waals surface area contributed by atoms with E-state index in [9.17, 15) is 13.2 Å². The molecule has 7 heteroatoms. The van der Waals surface area contributed by atoms with Gasteiger partial charge in [0.15, 0.2) is 0 Å². The molecule has 0 spiro atoms. The van der Waals surface area contributed by atoms with Gasteiger partial charge in [-0.15, -0.1) is 0 Å². The second kappa shape index (κ2) is 8.65. The molecule has 0 aliphatic carbocycles. The van der Waals surface area contributed by atoms with Crippen molar-refractivity contribution in [1.82, 2.24) is 9.21 Å². The molecule has 0 atom stereocenters. The fourth-order valence-corrected chi connectivity index (χ4v) is 5.77.